The van der Waals surface area contributed by atoms with Crippen molar-refractivity contribution in [3.8, 4) is 11.5 Å². The van der Waals surface area contributed by atoms with Crippen LogP contribution in [0.5, 0.6) is 11.5 Å². The van der Waals surface area contributed by atoms with Gasteiger partial charge >= 0.3 is 0 Å². The second-order valence-corrected chi connectivity index (χ2v) is 3.56. The van der Waals surface area contributed by atoms with Gasteiger partial charge in [0, 0.05) is 11.1 Å². The third-order valence-corrected chi connectivity index (χ3v) is 2.62. The van der Waals surface area contributed by atoms with Gasteiger partial charge in [0.25, 0.3) is 0 Å². The molecule has 1 radical (unpaired) electrons. The van der Waals surface area contributed by atoms with E-state index in [-0.39, 0.29) is 0 Å². The Morgan fingerprint density at radius 3 is 1.80 bits per heavy atom. The number of hydrogen-bond acceptors (Lipinski definition) is 1. The summed E-state index contributed by atoms with van der Waals surface area (Å²) in [7, 11) is 0. The molecule has 0 fully saturated rings. The zero-order chi connectivity index (χ0) is 10.3. The molecular weight excluding hydrogens is 188 g/mol. The molecule has 1 aliphatic heterocycles. The van der Waals surface area contributed by atoms with Crippen molar-refractivity contribution in [2.75, 3.05) is 0 Å². The molecule has 2 heteroatoms. The fourth-order valence-corrected chi connectivity index (χ4v) is 1.87. The number of para-hydroxylation sites is 2. The Morgan fingerprint density at radius 1 is 0.800 bits per heavy atom. The van der Waals surface area contributed by atoms with Crippen LogP contribution in [0.1, 0.15) is 17.2 Å². The molecule has 15 heavy (non-hydrogen) atoms. The lowest BCUT2D eigenvalue weighted by Crippen LogP contribution is -2.07. The number of fused-ring (bicyclic) bond motifs is 2. The van der Waals surface area contributed by atoms with Gasteiger partial charge in [0.2, 0.25) is 0 Å². The molecule has 0 bridgehead atoms. The molecule has 0 aromatic heterocycles. The molecule has 2 aromatic rings. The Hall–Kier alpha value is -1.80. The number of rotatable bonds is 0. The summed E-state index contributed by atoms with van der Waals surface area (Å²) in [6.45, 7) is 0. The lowest BCUT2D eigenvalue weighted by atomic mass is 9.97. The second-order valence-electron chi connectivity index (χ2n) is 3.56. The van der Waals surface area contributed by atoms with E-state index in [0.29, 0.717) is 11.5 Å². The van der Waals surface area contributed by atoms with Gasteiger partial charge in [-0.2, -0.15) is 0 Å². The van der Waals surface area contributed by atoms with Gasteiger partial charge < -0.3 is 4.74 Å². The van der Waals surface area contributed by atoms with Crippen molar-refractivity contribution >= 4 is 0 Å². The summed E-state index contributed by atoms with van der Waals surface area (Å²) >= 11 is 0. The van der Waals surface area contributed by atoms with Gasteiger partial charge in [-0.05, 0) is 12.1 Å². The Bertz CT molecular complexity index is 460. The lowest BCUT2D eigenvalue weighted by molar-refractivity contribution is 0.114. The highest BCUT2D eigenvalue weighted by Crippen LogP contribution is 2.42. The molecule has 3 rings (SSSR count). The molecule has 73 valence electrons. The first-order valence-electron chi connectivity index (χ1n) is 4.88. The van der Waals surface area contributed by atoms with E-state index in [1.165, 1.54) is 0 Å². The van der Waals surface area contributed by atoms with Crippen molar-refractivity contribution in [3.05, 3.63) is 59.7 Å². The van der Waals surface area contributed by atoms with Crippen LogP contribution in [0.3, 0.4) is 0 Å². The summed E-state index contributed by atoms with van der Waals surface area (Å²) in [6.07, 6.45) is -0.828. The number of benzene rings is 2. The average molecular weight is 197 g/mol. The summed E-state index contributed by atoms with van der Waals surface area (Å²) in [6, 6.07) is 14.8. The maximum atomic E-state index is 12.1. The molecule has 2 aromatic carbocycles. The first-order valence-corrected chi connectivity index (χ1v) is 4.88. The minimum absolute atomic E-state index is 0.677. The van der Waals surface area contributed by atoms with Gasteiger partial charge in [-0.15, -0.1) is 0 Å². The molecule has 0 saturated carbocycles. The Balaban J connectivity index is 2.20. The first kappa shape index (κ1) is 8.50. The third-order valence-electron chi connectivity index (χ3n) is 2.62. The monoisotopic (exact) mass is 197 g/mol. The van der Waals surface area contributed by atoms with Crippen LogP contribution in [0.15, 0.2) is 48.5 Å². The molecule has 0 atom stereocenters. The zero-order valence-electron chi connectivity index (χ0n) is 8.01. The van der Waals surface area contributed by atoms with Crippen molar-refractivity contribution in [2.24, 2.45) is 0 Å². The van der Waals surface area contributed by atoms with Crippen LogP contribution in [0, 0.1) is 0 Å². The van der Waals surface area contributed by atoms with Crippen LogP contribution >= 0.6 is 0 Å². The molecule has 2 nitrogen and oxygen atoms in total. The molecule has 0 amide bonds. The average Bonchev–Trinajstić information content (AvgIpc) is 2.30. The summed E-state index contributed by atoms with van der Waals surface area (Å²) in [5.41, 5.74) is 1.44. The van der Waals surface area contributed by atoms with E-state index in [1.54, 1.807) is 0 Å². The van der Waals surface area contributed by atoms with Gasteiger partial charge in [-0.3, -0.25) is 0 Å². The van der Waals surface area contributed by atoms with Crippen LogP contribution in [0.4, 0.5) is 0 Å². The van der Waals surface area contributed by atoms with E-state index in [9.17, 15) is 5.11 Å². The second kappa shape index (κ2) is 3.11. The maximum Gasteiger partial charge on any atom is 0.150 e. The predicted molar refractivity (Wildman–Crippen MR) is 55.5 cm³/mol. The van der Waals surface area contributed by atoms with Crippen LogP contribution < -0.4 is 4.74 Å². The van der Waals surface area contributed by atoms with Gasteiger partial charge in [-0.25, -0.2) is 5.11 Å². The molecule has 0 spiro atoms. The largest absolute Gasteiger partial charge is 0.457 e. The Labute approximate surface area is 87.8 Å². The molecule has 1 heterocycles. The van der Waals surface area contributed by atoms with Crippen molar-refractivity contribution in [3.63, 3.8) is 0 Å². The Kier molecular flexibility index (Phi) is 1.76. The van der Waals surface area contributed by atoms with E-state index in [4.69, 9.17) is 4.74 Å². The zero-order valence-corrected chi connectivity index (χ0v) is 8.01. The van der Waals surface area contributed by atoms with E-state index in [1.807, 2.05) is 48.5 Å². The van der Waals surface area contributed by atoms with Gasteiger partial charge in [0.1, 0.15) is 11.5 Å². The molecule has 0 N–H and O–H groups in total. The Morgan fingerprint density at radius 2 is 1.27 bits per heavy atom. The fourth-order valence-electron chi connectivity index (χ4n) is 1.87. The number of ether oxygens (including phenoxy) is 1. The lowest BCUT2D eigenvalue weighted by Gasteiger charge is -2.22. The van der Waals surface area contributed by atoms with Crippen LogP contribution in [-0.4, -0.2) is 0 Å². The topological polar surface area (TPSA) is 29.1 Å². The van der Waals surface area contributed by atoms with E-state index >= 15 is 0 Å². The van der Waals surface area contributed by atoms with E-state index in [0.717, 1.165) is 11.1 Å². The van der Waals surface area contributed by atoms with Crippen molar-refractivity contribution in [2.45, 2.75) is 6.10 Å². The third kappa shape index (κ3) is 1.22. The quantitative estimate of drug-likeness (QED) is 0.637. The molecule has 0 saturated heterocycles. The fraction of sp³-hybridized carbons (Fsp3) is 0.0769. The van der Waals surface area contributed by atoms with Crippen molar-refractivity contribution in [1.29, 1.82) is 0 Å². The summed E-state index contributed by atoms with van der Waals surface area (Å²) < 4.78 is 5.65. The standard InChI is InChI=1S/C13H9O2/c14-13-9-5-1-3-7-11(9)15-12-8-4-2-6-10(12)13/h1-8,13H. The minimum atomic E-state index is -0.828. The number of hydrogen-bond donors (Lipinski definition) is 0. The van der Waals surface area contributed by atoms with Crippen LogP contribution in [0.2, 0.25) is 0 Å². The van der Waals surface area contributed by atoms with Crippen LogP contribution in [0.25, 0.3) is 0 Å². The SMILES string of the molecule is [O]C1c2ccccc2Oc2ccccc21. The predicted octanol–water partition coefficient (Wildman–Crippen LogP) is 3.31. The van der Waals surface area contributed by atoms with Gasteiger partial charge in [-0.1, -0.05) is 36.4 Å². The van der Waals surface area contributed by atoms with Crippen molar-refractivity contribution in [1.82, 2.24) is 0 Å². The van der Waals surface area contributed by atoms with E-state index < -0.39 is 6.10 Å². The van der Waals surface area contributed by atoms with Crippen molar-refractivity contribution < 1.29 is 9.84 Å². The van der Waals surface area contributed by atoms with Gasteiger partial charge in [0.05, 0.1) is 0 Å². The highest BCUT2D eigenvalue weighted by atomic mass is 16.5. The summed E-state index contributed by atoms with van der Waals surface area (Å²) in [5, 5.41) is 12.1. The smallest absolute Gasteiger partial charge is 0.150 e. The minimum Gasteiger partial charge on any atom is -0.457 e. The normalized spacial score (nSPS) is 13.9. The van der Waals surface area contributed by atoms with E-state index in [2.05, 4.69) is 0 Å². The molecule has 0 aliphatic carbocycles. The highest BCUT2D eigenvalue weighted by molar-refractivity contribution is 5.51. The molecule has 0 unspecified atom stereocenters. The highest BCUT2D eigenvalue weighted by Gasteiger charge is 2.25. The molecule has 1 aliphatic rings. The van der Waals surface area contributed by atoms with Crippen LogP contribution in [-0.2, 0) is 5.11 Å². The van der Waals surface area contributed by atoms with Gasteiger partial charge in [0.15, 0.2) is 6.10 Å². The maximum absolute atomic E-state index is 12.1. The molecular formula is C13H9O2. The summed E-state index contributed by atoms with van der Waals surface area (Å²) in [5.74, 6) is 1.35. The first-order chi connectivity index (χ1) is 7.36. The summed E-state index contributed by atoms with van der Waals surface area (Å²) in [4.78, 5) is 0.